The van der Waals surface area contributed by atoms with Crippen molar-refractivity contribution >= 4 is 35.1 Å². The maximum atomic E-state index is 13.6. The fraction of sp³-hybridized carbons (Fsp3) is 0.346. The number of nitrogens with one attached hydrogen (secondary N) is 2. The standard InChI is InChI=1S/C26H29FN2O4/c1-33-24(30)11-6-4-2-3-5-7-14-28-25(31)19-10-8-9-18(15-19)16-22-21-17-20(27)12-13-23(21)29-26(22)32/h8-10,12-13,15-17H,2-7,11,14H2,1H3,(H,28,31)(H,29,32)/b22-16-. The molecule has 33 heavy (non-hydrogen) atoms. The molecule has 0 fully saturated rings. The van der Waals surface area contributed by atoms with Crippen LogP contribution in [0.3, 0.4) is 0 Å². The molecule has 0 spiro atoms. The molecule has 0 saturated carbocycles. The summed E-state index contributed by atoms with van der Waals surface area (Å²) < 4.78 is 18.2. The molecule has 6 nitrogen and oxygen atoms in total. The van der Waals surface area contributed by atoms with Crippen LogP contribution in [0.2, 0.25) is 0 Å². The lowest BCUT2D eigenvalue weighted by Gasteiger charge is -2.07. The van der Waals surface area contributed by atoms with Gasteiger partial charge >= 0.3 is 5.97 Å². The van der Waals surface area contributed by atoms with Gasteiger partial charge in [-0.15, -0.1) is 0 Å². The quantitative estimate of drug-likeness (QED) is 0.287. The van der Waals surface area contributed by atoms with Crippen molar-refractivity contribution in [3.8, 4) is 0 Å². The Kier molecular flexibility index (Phi) is 8.75. The highest BCUT2D eigenvalue weighted by Gasteiger charge is 2.24. The van der Waals surface area contributed by atoms with Gasteiger partial charge in [-0.2, -0.15) is 0 Å². The monoisotopic (exact) mass is 452 g/mol. The average molecular weight is 453 g/mol. The number of ether oxygens (including phenoxy) is 1. The number of amides is 2. The van der Waals surface area contributed by atoms with E-state index >= 15 is 0 Å². The number of methoxy groups -OCH3 is 1. The van der Waals surface area contributed by atoms with Crippen LogP contribution < -0.4 is 10.6 Å². The number of carbonyl (C=O) groups is 3. The van der Waals surface area contributed by atoms with Gasteiger partial charge in [-0.1, -0.05) is 37.8 Å². The third kappa shape index (κ3) is 7.00. The van der Waals surface area contributed by atoms with Gasteiger partial charge in [0, 0.05) is 35.4 Å². The maximum absolute atomic E-state index is 13.6. The molecule has 0 aliphatic carbocycles. The van der Waals surface area contributed by atoms with Crippen molar-refractivity contribution in [2.24, 2.45) is 0 Å². The first-order valence-electron chi connectivity index (χ1n) is 11.3. The molecule has 7 heteroatoms. The molecule has 0 unspecified atom stereocenters. The maximum Gasteiger partial charge on any atom is 0.305 e. The summed E-state index contributed by atoms with van der Waals surface area (Å²) in [5.41, 5.74) is 2.65. The summed E-state index contributed by atoms with van der Waals surface area (Å²) in [6.07, 6.45) is 7.99. The van der Waals surface area contributed by atoms with E-state index in [1.807, 2.05) is 0 Å². The van der Waals surface area contributed by atoms with Crippen molar-refractivity contribution in [1.82, 2.24) is 5.32 Å². The fourth-order valence-electron chi connectivity index (χ4n) is 3.75. The molecule has 1 aliphatic heterocycles. The van der Waals surface area contributed by atoms with E-state index in [1.165, 1.54) is 25.3 Å². The van der Waals surface area contributed by atoms with Crippen molar-refractivity contribution in [3.63, 3.8) is 0 Å². The third-order valence-corrected chi connectivity index (χ3v) is 5.55. The number of unbranched alkanes of at least 4 members (excludes halogenated alkanes) is 5. The smallest absolute Gasteiger partial charge is 0.305 e. The lowest BCUT2D eigenvalue weighted by molar-refractivity contribution is -0.140. The Labute approximate surface area is 193 Å². The molecule has 2 N–H and O–H groups in total. The van der Waals surface area contributed by atoms with E-state index in [0.29, 0.717) is 40.9 Å². The Morgan fingerprint density at radius 1 is 1.03 bits per heavy atom. The number of halogens is 1. The van der Waals surface area contributed by atoms with Crippen molar-refractivity contribution in [2.75, 3.05) is 19.0 Å². The Balaban J connectivity index is 1.46. The molecule has 0 atom stereocenters. The summed E-state index contributed by atoms with van der Waals surface area (Å²) in [6.45, 7) is 0.585. The number of hydrogen-bond acceptors (Lipinski definition) is 4. The molecule has 0 radical (unpaired) electrons. The Bertz CT molecular complexity index is 1050. The molecule has 0 bridgehead atoms. The van der Waals surface area contributed by atoms with E-state index in [4.69, 9.17) is 0 Å². The van der Waals surface area contributed by atoms with Crippen LogP contribution in [0.5, 0.6) is 0 Å². The third-order valence-electron chi connectivity index (χ3n) is 5.55. The lowest BCUT2D eigenvalue weighted by Crippen LogP contribution is -2.24. The highest BCUT2D eigenvalue weighted by molar-refractivity contribution is 6.34. The topological polar surface area (TPSA) is 84.5 Å². The minimum absolute atomic E-state index is 0.164. The van der Waals surface area contributed by atoms with Gasteiger partial charge in [-0.3, -0.25) is 14.4 Å². The van der Waals surface area contributed by atoms with Gasteiger partial charge in [0.15, 0.2) is 0 Å². The molecule has 1 aliphatic rings. The highest BCUT2D eigenvalue weighted by Crippen LogP contribution is 2.33. The van der Waals surface area contributed by atoms with Crippen LogP contribution in [0, 0.1) is 5.82 Å². The summed E-state index contributed by atoms with van der Waals surface area (Å²) >= 11 is 0. The van der Waals surface area contributed by atoms with Gasteiger partial charge in [0.2, 0.25) is 0 Å². The van der Waals surface area contributed by atoms with Crippen LogP contribution in [0.1, 0.15) is 66.4 Å². The first-order valence-corrected chi connectivity index (χ1v) is 11.3. The SMILES string of the molecule is COC(=O)CCCCCCCCNC(=O)c1cccc(/C=C2\C(=O)Nc3ccc(F)cc32)c1. The molecule has 0 aromatic heterocycles. The zero-order valence-corrected chi connectivity index (χ0v) is 18.8. The van der Waals surface area contributed by atoms with Crippen LogP contribution in [0.4, 0.5) is 10.1 Å². The van der Waals surface area contributed by atoms with E-state index in [0.717, 1.165) is 38.5 Å². The summed E-state index contributed by atoms with van der Waals surface area (Å²) in [6, 6.07) is 11.2. The van der Waals surface area contributed by atoms with Crippen molar-refractivity contribution in [1.29, 1.82) is 0 Å². The second-order valence-electron chi connectivity index (χ2n) is 8.03. The average Bonchev–Trinajstić information content (AvgIpc) is 3.12. The van der Waals surface area contributed by atoms with E-state index in [9.17, 15) is 18.8 Å². The zero-order chi connectivity index (χ0) is 23.6. The highest BCUT2D eigenvalue weighted by atomic mass is 19.1. The molecule has 1 heterocycles. The first-order chi connectivity index (χ1) is 16.0. The Morgan fingerprint density at radius 3 is 2.58 bits per heavy atom. The predicted molar refractivity (Wildman–Crippen MR) is 126 cm³/mol. The van der Waals surface area contributed by atoms with Gasteiger partial charge in [0.05, 0.1) is 7.11 Å². The second-order valence-corrected chi connectivity index (χ2v) is 8.03. The Morgan fingerprint density at radius 2 is 1.79 bits per heavy atom. The van der Waals surface area contributed by atoms with Gasteiger partial charge in [-0.05, 0) is 54.8 Å². The van der Waals surface area contributed by atoms with Crippen molar-refractivity contribution in [2.45, 2.75) is 44.9 Å². The number of hydrogen-bond donors (Lipinski definition) is 2. The summed E-state index contributed by atoms with van der Waals surface area (Å²) in [4.78, 5) is 35.8. The Hall–Kier alpha value is -3.48. The van der Waals surface area contributed by atoms with E-state index in [-0.39, 0.29) is 17.8 Å². The first kappa shape index (κ1) is 24.2. The molecular weight excluding hydrogens is 423 g/mol. The fourth-order valence-corrected chi connectivity index (χ4v) is 3.75. The molecule has 174 valence electrons. The molecular formula is C26H29FN2O4. The van der Waals surface area contributed by atoms with Gasteiger partial charge < -0.3 is 15.4 Å². The van der Waals surface area contributed by atoms with E-state index < -0.39 is 5.82 Å². The van der Waals surface area contributed by atoms with Crippen molar-refractivity contribution < 1.29 is 23.5 Å². The van der Waals surface area contributed by atoms with Crippen LogP contribution in [0.25, 0.3) is 11.6 Å². The number of esters is 1. The number of rotatable bonds is 11. The van der Waals surface area contributed by atoms with Gasteiger partial charge in [0.25, 0.3) is 11.8 Å². The van der Waals surface area contributed by atoms with Crippen LogP contribution in [0.15, 0.2) is 42.5 Å². The van der Waals surface area contributed by atoms with Crippen LogP contribution in [-0.2, 0) is 14.3 Å². The number of carbonyl (C=O) groups excluding carboxylic acids is 3. The lowest BCUT2D eigenvalue weighted by atomic mass is 10.0. The summed E-state index contributed by atoms with van der Waals surface area (Å²) in [5.74, 6) is -1.04. The predicted octanol–water partition coefficient (Wildman–Crippen LogP) is 4.95. The van der Waals surface area contributed by atoms with Crippen LogP contribution >= 0.6 is 0 Å². The molecule has 2 amide bonds. The largest absolute Gasteiger partial charge is 0.469 e. The van der Waals surface area contributed by atoms with Gasteiger partial charge in [0.1, 0.15) is 5.82 Å². The van der Waals surface area contributed by atoms with E-state index in [2.05, 4.69) is 15.4 Å². The normalized spacial score (nSPS) is 13.5. The summed E-state index contributed by atoms with van der Waals surface area (Å²) in [5, 5.41) is 5.65. The number of benzene rings is 2. The second kappa shape index (κ2) is 11.9. The molecule has 0 saturated heterocycles. The number of fused-ring (bicyclic) bond motifs is 1. The zero-order valence-electron chi connectivity index (χ0n) is 18.8. The van der Waals surface area contributed by atoms with E-state index in [1.54, 1.807) is 30.3 Å². The minimum Gasteiger partial charge on any atom is -0.469 e. The van der Waals surface area contributed by atoms with Crippen molar-refractivity contribution in [3.05, 3.63) is 65.0 Å². The molecule has 2 aromatic carbocycles. The molecule has 2 aromatic rings. The van der Waals surface area contributed by atoms with Crippen LogP contribution in [-0.4, -0.2) is 31.4 Å². The molecule has 3 rings (SSSR count). The number of anilines is 1. The summed E-state index contributed by atoms with van der Waals surface area (Å²) in [7, 11) is 1.40. The van der Waals surface area contributed by atoms with Gasteiger partial charge in [-0.25, -0.2) is 4.39 Å². The minimum atomic E-state index is -0.412.